The van der Waals surface area contributed by atoms with Crippen molar-refractivity contribution in [2.75, 3.05) is 35.8 Å². The molecule has 0 spiro atoms. The lowest BCUT2D eigenvalue weighted by atomic mass is 10.1. The molecule has 0 fully saturated rings. The molecule has 0 radical (unpaired) electrons. The first-order valence-electron chi connectivity index (χ1n) is 12.2. The normalized spacial score (nSPS) is 13.2. The van der Waals surface area contributed by atoms with Crippen molar-refractivity contribution < 1.29 is 19.2 Å². The van der Waals surface area contributed by atoms with Gasteiger partial charge in [0.2, 0.25) is 11.8 Å². The number of para-hydroxylation sites is 1. The highest BCUT2D eigenvalue weighted by Crippen LogP contribution is 2.29. The van der Waals surface area contributed by atoms with Crippen molar-refractivity contribution in [3.63, 3.8) is 0 Å². The number of fused-ring (bicyclic) bond motifs is 1. The fourth-order valence-corrected chi connectivity index (χ4v) is 4.40. The van der Waals surface area contributed by atoms with E-state index in [2.05, 4.69) is 5.32 Å². The van der Waals surface area contributed by atoms with Crippen LogP contribution in [0.1, 0.15) is 29.3 Å². The highest BCUT2D eigenvalue weighted by molar-refractivity contribution is 6.52. The number of hydrogen-bond donors (Lipinski definition) is 1. The van der Waals surface area contributed by atoms with E-state index < -0.39 is 23.6 Å². The minimum absolute atomic E-state index is 0.183. The second kappa shape index (κ2) is 11.1. The number of amides is 3. The van der Waals surface area contributed by atoms with E-state index in [0.717, 1.165) is 11.3 Å². The second-order valence-corrected chi connectivity index (χ2v) is 9.10. The monoisotopic (exact) mass is 498 g/mol. The van der Waals surface area contributed by atoms with Gasteiger partial charge < -0.3 is 15.1 Å². The summed E-state index contributed by atoms with van der Waals surface area (Å²) in [7, 11) is 3.87. The number of hydrogen-bond acceptors (Lipinski definition) is 5. The van der Waals surface area contributed by atoms with E-state index in [4.69, 9.17) is 0 Å². The smallest absolute Gasteiger partial charge is 0.299 e. The van der Waals surface area contributed by atoms with Crippen molar-refractivity contribution in [3.8, 4) is 0 Å². The zero-order valence-electron chi connectivity index (χ0n) is 21.2. The molecule has 0 aromatic heterocycles. The summed E-state index contributed by atoms with van der Waals surface area (Å²) in [6, 6.07) is 22.6. The van der Waals surface area contributed by atoms with E-state index >= 15 is 0 Å². The van der Waals surface area contributed by atoms with Gasteiger partial charge in [0.25, 0.3) is 11.7 Å². The van der Waals surface area contributed by atoms with Crippen LogP contribution in [0.25, 0.3) is 0 Å². The fraction of sp³-hybridized carbons (Fsp3) is 0.241. The molecule has 0 bridgehead atoms. The molecule has 1 aliphatic heterocycles. The quantitative estimate of drug-likeness (QED) is 0.454. The van der Waals surface area contributed by atoms with Crippen molar-refractivity contribution in [2.45, 2.75) is 25.9 Å². The molecule has 8 heteroatoms. The summed E-state index contributed by atoms with van der Waals surface area (Å²) in [4.78, 5) is 56.8. The summed E-state index contributed by atoms with van der Waals surface area (Å²) in [6.07, 6.45) is 0.365. The van der Waals surface area contributed by atoms with E-state index in [1.54, 1.807) is 24.3 Å². The van der Waals surface area contributed by atoms with E-state index in [9.17, 15) is 19.2 Å². The standard InChI is InChI=1S/C29H30N4O4/c1-4-24(28(36)30-21-14-16-22(17-15-21)31(2)3)32(18-20-10-6-5-7-11-20)26(34)19-33-25-13-9-8-12-23(25)27(35)29(33)37/h5-17,24H,4,18-19H2,1-3H3,(H,30,36). The minimum Gasteiger partial charge on any atom is -0.378 e. The van der Waals surface area contributed by atoms with Gasteiger partial charge in [0, 0.05) is 32.0 Å². The summed E-state index contributed by atoms with van der Waals surface area (Å²) < 4.78 is 0. The Kier molecular flexibility index (Phi) is 7.67. The van der Waals surface area contributed by atoms with Gasteiger partial charge in [-0.2, -0.15) is 0 Å². The molecule has 3 aromatic rings. The zero-order valence-corrected chi connectivity index (χ0v) is 21.2. The maximum atomic E-state index is 13.7. The van der Waals surface area contributed by atoms with E-state index in [1.165, 1.54) is 9.80 Å². The van der Waals surface area contributed by atoms with Gasteiger partial charge in [-0.05, 0) is 48.4 Å². The molecule has 3 amide bonds. The second-order valence-electron chi connectivity index (χ2n) is 9.10. The summed E-state index contributed by atoms with van der Waals surface area (Å²) in [5.74, 6) is -2.13. The van der Waals surface area contributed by atoms with Crippen LogP contribution in [0.3, 0.4) is 0 Å². The first-order valence-corrected chi connectivity index (χ1v) is 12.2. The Morgan fingerprint density at radius 1 is 0.892 bits per heavy atom. The van der Waals surface area contributed by atoms with Gasteiger partial charge in [-0.15, -0.1) is 0 Å². The van der Waals surface area contributed by atoms with Crippen LogP contribution in [0.15, 0.2) is 78.9 Å². The Morgan fingerprint density at radius 2 is 1.54 bits per heavy atom. The van der Waals surface area contributed by atoms with E-state index in [0.29, 0.717) is 17.8 Å². The van der Waals surface area contributed by atoms with E-state index in [1.807, 2.05) is 80.5 Å². The molecule has 1 atom stereocenters. The van der Waals surface area contributed by atoms with Gasteiger partial charge in [0.05, 0.1) is 11.3 Å². The summed E-state index contributed by atoms with van der Waals surface area (Å²) in [5, 5.41) is 2.92. The lowest BCUT2D eigenvalue weighted by Crippen LogP contribution is -2.50. The maximum absolute atomic E-state index is 13.7. The van der Waals surface area contributed by atoms with Crippen molar-refractivity contribution in [3.05, 3.63) is 90.0 Å². The minimum atomic E-state index is -0.787. The molecular formula is C29H30N4O4. The number of ketones is 1. The SMILES string of the molecule is CCC(C(=O)Nc1ccc(N(C)C)cc1)N(Cc1ccccc1)C(=O)CN1C(=O)C(=O)c2ccccc21. The molecular weight excluding hydrogens is 468 g/mol. The van der Waals surface area contributed by atoms with E-state index in [-0.39, 0.29) is 24.6 Å². The number of rotatable bonds is 9. The molecule has 1 heterocycles. The number of benzene rings is 3. The maximum Gasteiger partial charge on any atom is 0.299 e. The number of Topliss-reactive ketones (excluding diaryl/α,β-unsaturated/α-hetero) is 1. The molecule has 3 aromatic carbocycles. The lowest BCUT2D eigenvalue weighted by Gasteiger charge is -2.32. The van der Waals surface area contributed by atoms with Crippen LogP contribution in [0.2, 0.25) is 0 Å². The zero-order chi connectivity index (χ0) is 26.5. The molecule has 4 rings (SSSR count). The Balaban J connectivity index is 1.59. The molecule has 0 saturated carbocycles. The Hall–Kier alpha value is -4.46. The Bertz CT molecular complexity index is 1300. The summed E-state index contributed by atoms with van der Waals surface area (Å²) in [5.41, 5.74) is 3.15. The topological polar surface area (TPSA) is 90.0 Å². The Morgan fingerprint density at radius 3 is 2.19 bits per heavy atom. The van der Waals surface area contributed by atoms with Crippen molar-refractivity contribution in [2.24, 2.45) is 0 Å². The van der Waals surface area contributed by atoms with Crippen LogP contribution in [0, 0.1) is 0 Å². The average molecular weight is 499 g/mol. The molecule has 0 aliphatic carbocycles. The van der Waals surface area contributed by atoms with Gasteiger partial charge in [0.1, 0.15) is 12.6 Å². The molecule has 37 heavy (non-hydrogen) atoms. The fourth-order valence-electron chi connectivity index (χ4n) is 4.40. The van der Waals surface area contributed by atoms with Gasteiger partial charge in [-0.25, -0.2) is 0 Å². The number of nitrogens with one attached hydrogen (secondary N) is 1. The summed E-state index contributed by atoms with van der Waals surface area (Å²) >= 11 is 0. The molecule has 1 N–H and O–H groups in total. The van der Waals surface area contributed by atoms with Crippen molar-refractivity contribution >= 4 is 40.6 Å². The molecule has 0 saturated heterocycles. The number of anilines is 3. The van der Waals surface area contributed by atoms with Crippen LogP contribution in [0.4, 0.5) is 17.1 Å². The van der Waals surface area contributed by atoms with Gasteiger partial charge >= 0.3 is 0 Å². The Labute approximate surface area is 216 Å². The molecule has 8 nitrogen and oxygen atoms in total. The predicted octanol–water partition coefficient (Wildman–Crippen LogP) is 3.73. The predicted molar refractivity (Wildman–Crippen MR) is 144 cm³/mol. The third-order valence-corrected chi connectivity index (χ3v) is 6.41. The van der Waals surface area contributed by atoms with Crippen LogP contribution in [0.5, 0.6) is 0 Å². The van der Waals surface area contributed by atoms with Crippen LogP contribution in [-0.2, 0) is 20.9 Å². The first-order chi connectivity index (χ1) is 17.8. The largest absolute Gasteiger partial charge is 0.378 e. The molecule has 190 valence electrons. The third-order valence-electron chi connectivity index (χ3n) is 6.41. The lowest BCUT2D eigenvalue weighted by molar-refractivity contribution is -0.138. The molecule has 1 unspecified atom stereocenters. The van der Waals surface area contributed by atoms with Gasteiger partial charge in [-0.1, -0.05) is 49.4 Å². The average Bonchev–Trinajstić information content (AvgIpc) is 3.14. The summed E-state index contributed by atoms with van der Waals surface area (Å²) in [6.45, 7) is 1.68. The van der Waals surface area contributed by atoms with Gasteiger partial charge in [0.15, 0.2) is 0 Å². The van der Waals surface area contributed by atoms with Crippen LogP contribution in [-0.4, -0.2) is 55.1 Å². The third kappa shape index (κ3) is 5.53. The van der Waals surface area contributed by atoms with Gasteiger partial charge in [-0.3, -0.25) is 24.1 Å². The highest BCUT2D eigenvalue weighted by Gasteiger charge is 2.38. The van der Waals surface area contributed by atoms with Crippen LogP contribution < -0.4 is 15.1 Å². The van der Waals surface area contributed by atoms with Crippen molar-refractivity contribution in [1.82, 2.24) is 4.90 Å². The first kappa shape index (κ1) is 25.6. The van der Waals surface area contributed by atoms with Crippen LogP contribution >= 0.6 is 0 Å². The molecule has 1 aliphatic rings. The number of nitrogens with zero attached hydrogens (tertiary/aromatic N) is 3. The number of carbonyl (C=O) groups excluding carboxylic acids is 4. The van der Waals surface area contributed by atoms with Crippen molar-refractivity contribution in [1.29, 1.82) is 0 Å². The number of carbonyl (C=O) groups is 4. The highest BCUT2D eigenvalue weighted by atomic mass is 16.2.